The second-order valence-electron chi connectivity index (χ2n) is 6.63. The Kier molecular flexibility index (Phi) is 4.79. The van der Waals surface area contributed by atoms with E-state index in [9.17, 15) is 9.59 Å². The molecular weight excluding hydrogens is 302 g/mol. The fourth-order valence-electron chi connectivity index (χ4n) is 3.26. The summed E-state index contributed by atoms with van der Waals surface area (Å²) in [6, 6.07) is 12.3. The van der Waals surface area contributed by atoms with Crippen LogP contribution >= 0.6 is 0 Å². The van der Waals surface area contributed by atoms with Gasteiger partial charge < -0.3 is 4.90 Å². The number of benzene rings is 1. The minimum absolute atomic E-state index is 0.126. The van der Waals surface area contributed by atoms with Crippen LogP contribution in [0.5, 0.6) is 0 Å². The summed E-state index contributed by atoms with van der Waals surface area (Å²) in [5.74, 6) is 0.613. The van der Waals surface area contributed by atoms with Crippen molar-refractivity contribution in [2.75, 3.05) is 7.05 Å². The molecule has 0 N–H and O–H groups in total. The summed E-state index contributed by atoms with van der Waals surface area (Å²) in [5, 5.41) is 4.29. The summed E-state index contributed by atoms with van der Waals surface area (Å²) >= 11 is 0. The van der Waals surface area contributed by atoms with Crippen LogP contribution in [0.3, 0.4) is 0 Å². The summed E-state index contributed by atoms with van der Waals surface area (Å²) < 4.78 is 1.28. The van der Waals surface area contributed by atoms with E-state index in [1.165, 1.54) is 16.8 Å². The normalized spacial score (nSPS) is 20.6. The number of aromatic nitrogens is 2. The zero-order chi connectivity index (χ0) is 17.1. The molecule has 0 radical (unpaired) electrons. The highest BCUT2D eigenvalue weighted by molar-refractivity contribution is 5.92. The van der Waals surface area contributed by atoms with Gasteiger partial charge in [0.25, 0.3) is 11.5 Å². The van der Waals surface area contributed by atoms with Crippen LogP contribution in [0.2, 0.25) is 0 Å². The molecule has 24 heavy (non-hydrogen) atoms. The smallest absolute Gasteiger partial charge is 0.274 e. The van der Waals surface area contributed by atoms with Gasteiger partial charge in [-0.25, -0.2) is 0 Å². The van der Waals surface area contributed by atoms with Crippen LogP contribution in [-0.4, -0.2) is 33.7 Å². The second kappa shape index (κ2) is 6.99. The molecule has 0 saturated heterocycles. The van der Waals surface area contributed by atoms with Gasteiger partial charge >= 0.3 is 0 Å². The maximum Gasteiger partial charge on any atom is 0.274 e. The van der Waals surface area contributed by atoms with Crippen molar-refractivity contribution in [3.8, 4) is 5.69 Å². The summed E-state index contributed by atoms with van der Waals surface area (Å²) in [6.07, 6.45) is 4.36. The molecule has 1 aromatic heterocycles. The van der Waals surface area contributed by atoms with E-state index in [0.717, 1.165) is 31.6 Å². The number of rotatable bonds is 3. The first-order valence-corrected chi connectivity index (χ1v) is 8.49. The Bertz CT molecular complexity index is 762. The van der Waals surface area contributed by atoms with Gasteiger partial charge in [0, 0.05) is 19.2 Å². The van der Waals surface area contributed by atoms with E-state index >= 15 is 0 Å². The topological polar surface area (TPSA) is 55.2 Å². The molecule has 1 aliphatic rings. The van der Waals surface area contributed by atoms with Gasteiger partial charge in [-0.05, 0) is 49.8 Å². The quantitative estimate of drug-likeness (QED) is 0.872. The first-order valence-electron chi connectivity index (χ1n) is 8.49. The third-order valence-corrected chi connectivity index (χ3v) is 4.87. The number of carbonyl (C=O) groups excluding carboxylic acids is 1. The molecule has 1 fully saturated rings. The lowest BCUT2D eigenvalue weighted by Crippen LogP contribution is -2.40. The average molecular weight is 325 g/mol. The number of hydrogen-bond acceptors (Lipinski definition) is 3. The Morgan fingerprint density at radius 1 is 1.08 bits per heavy atom. The van der Waals surface area contributed by atoms with Crippen molar-refractivity contribution in [3.05, 3.63) is 58.5 Å². The van der Waals surface area contributed by atoms with Gasteiger partial charge in [-0.3, -0.25) is 9.59 Å². The Balaban J connectivity index is 1.84. The first kappa shape index (κ1) is 16.4. The zero-order valence-electron chi connectivity index (χ0n) is 14.2. The molecule has 0 bridgehead atoms. The lowest BCUT2D eigenvalue weighted by Gasteiger charge is -2.33. The van der Waals surface area contributed by atoms with Crippen LogP contribution < -0.4 is 5.56 Å². The van der Waals surface area contributed by atoms with E-state index in [4.69, 9.17) is 0 Å². The lowest BCUT2D eigenvalue weighted by molar-refractivity contribution is 0.0671. The van der Waals surface area contributed by atoms with Gasteiger partial charge in [0.15, 0.2) is 0 Å². The van der Waals surface area contributed by atoms with Crippen molar-refractivity contribution in [2.24, 2.45) is 5.92 Å². The number of nitrogens with zero attached hydrogens (tertiary/aromatic N) is 3. The minimum Gasteiger partial charge on any atom is -0.337 e. The first-order chi connectivity index (χ1) is 11.6. The monoisotopic (exact) mass is 325 g/mol. The van der Waals surface area contributed by atoms with Crippen LogP contribution in [-0.2, 0) is 0 Å². The number of hydrogen-bond donors (Lipinski definition) is 0. The highest BCUT2D eigenvalue weighted by Crippen LogP contribution is 2.27. The van der Waals surface area contributed by atoms with Crippen molar-refractivity contribution in [1.82, 2.24) is 14.7 Å². The molecule has 0 atom stereocenters. The summed E-state index contributed by atoms with van der Waals surface area (Å²) in [5.41, 5.74) is 0.720. The molecule has 1 aliphatic carbocycles. The molecule has 126 valence electrons. The van der Waals surface area contributed by atoms with Crippen LogP contribution in [0.25, 0.3) is 5.69 Å². The van der Waals surface area contributed by atoms with E-state index in [1.807, 2.05) is 25.2 Å². The molecule has 0 spiro atoms. The van der Waals surface area contributed by atoms with Crippen LogP contribution in [0.4, 0.5) is 0 Å². The predicted octanol–water partition coefficient (Wildman–Crippen LogP) is 2.88. The standard InChI is InChI=1S/C19H23N3O2/c1-14-8-10-15(11-9-14)21(2)19(24)17-12-13-18(23)22(20-17)16-6-4-3-5-7-16/h3-7,12-15H,8-11H2,1-2H3. The molecule has 3 rings (SSSR count). The minimum atomic E-state index is -0.244. The van der Waals surface area contributed by atoms with Gasteiger partial charge in [0.1, 0.15) is 5.69 Å². The summed E-state index contributed by atoms with van der Waals surface area (Å²) in [7, 11) is 1.84. The molecule has 5 nitrogen and oxygen atoms in total. The van der Waals surface area contributed by atoms with E-state index in [1.54, 1.807) is 17.0 Å². The zero-order valence-corrected chi connectivity index (χ0v) is 14.2. The third-order valence-electron chi connectivity index (χ3n) is 4.87. The Morgan fingerprint density at radius 3 is 2.42 bits per heavy atom. The van der Waals surface area contributed by atoms with E-state index < -0.39 is 0 Å². The second-order valence-corrected chi connectivity index (χ2v) is 6.63. The Morgan fingerprint density at radius 2 is 1.75 bits per heavy atom. The molecular formula is C19H23N3O2. The SMILES string of the molecule is CC1CCC(N(C)C(=O)c2ccc(=O)n(-c3ccccc3)n2)CC1. The fourth-order valence-corrected chi connectivity index (χ4v) is 3.26. The maximum atomic E-state index is 12.8. The fraction of sp³-hybridized carbons (Fsp3) is 0.421. The summed E-state index contributed by atoms with van der Waals surface area (Å²) in [4.78, 5) is 26.6. The van der Waals surface area contributed by atoms with Gasteiger partial charge in [-0.15, -0.1) is 0 Å². The van der Waals surface area contributed by atoms with Crippen molar-refractivity contribution in [1.29, 1.82) is 0 Å². The van der Waals surface area contributed by atoms with Crippen molar-refractivity contribution in [2.45, 2.75) is 38.6 Å². The van der Waals surface area contributed by atoms with Gasteiger partial charge in [0.05, 0.1) is 5.69 Å². The van der Waals surface area contributed by atoms with E-state index in [0.29, 0.717) is 11.4 Å². The van der Waals surface area contributed by atoms with E-state index in [2.05, 4.69) is 12.0 Å². The molecule has 5 heteroatoms. The Hall–Kier alpha value is -2.43. The number of amides is 1. The maximum absolute atomic E-state index is 12.8. The lowest BCUT2D eigenvalue weighted by atomic mass is 9.86. The van der Waals surface area contributed by atoms with Crippen LogP contribution in [0.15, 0.2) is 47.3 Å². The number of carbonyl (C=O) groups is 1. The predicted molar refractivity (Wildman–Crippen MR) is 93.3 cm³/mol. The van der Waals surface area contributed by atoms with Gasteiger partial charge in [-0.1, -0.05) is 25.1 Å². The highest BCUT2D eigenvalue weighted by atomic mass is 16.2. The molecule has 0 unspecified atom stereocenters. The largest absolute Gasteiger partial charge is 0.337 e. The molecule has 0 aliphatic heterocycles. The van der Waals surface area contributed by atoms with Gasteiger partial charge in [-0.2, -0.15) is 9.78 Å². The van der Waals surface area contributed by atoms with Crippen LogP contribution in [0.1, 0.15) is 43.1 Å². The van der Waals surface area contributed by atoms with Crippen molar-refractivity contribution >= 4 is 5.91 Å². The van der Waals surface area contributed by atoms with Crippen LogP contribution in [0, 0.1) is 5.92 Å². The summed E-state index contributed by atoms with van der Waals surface area (Å²) in [6.45, 7) is 2.26. The molecule has 1 amide bonds. The Labute approximate surface area is 141 Å². The third kappa shape index (κ3) is 3.40. The van der Waals surface area contributed by atoms with Crippen molar-refractivity contribution < 1.29 is 4.79 Å². The molecule has 1 saturated carbocycles. The highest BCUT2D eigenvalue weighted by Gasteiger charge is 2.26. The molecule has 2 aromatic rings. The van der Waals surface area contributed by atoms with E-state index in [-0.39, 0.29) is 17.5 Å². The van der Waals surface area contributed by atoms with Gasteiger partial charge in [0.2, 0.25) is 0 Å². The number of para-hydroxylation sites is 1. The molecule has 1 heterocycles. The van der Waals surface area contributed by atoms with Crippen molar-refractivity contribution in [3.63, 3.8) is 0 Å². The molecule has 1 aromatic carbocycles. The average Bonchev–Trinajstić information content (AvgIpc) is 2.62.